The number of para-hydroxylation sites is 3. The topological polar surface area (TPSA) is 50.1 Å². The molecule has 0 fully saturated rings. The molecule has 1 heterocycles. The van der Waals surface area contributed by atoms with Crippen LogP contribution in [0.15, 0.2) is 152 Å². The first-order chi connectivity index (χ1) is 20.2. The second-order valence-electron chi connectivity index (χ2n) is 10.1. The Kier molecular flexibility index (Phi) is 5.95. The van der Waals surface area contributed by atoms with Crippen LogP contribution in [0.2, 0.25) is 0 Å². The highest BCUT2D eigenvalue weighted by molar-refractivity contribution is 6.00. The van der Waals surface area contributed by atoms with Crippen LogP contribution in [0.1, 0.15) is 5.56 Å². The van der Waals surface area contributed by atoms with Crippen LogP contribution in [0.3, 0.4) is 0 Å². The average Bonchev–Trinajstić information content (AvgIpc) is 3.31. The van der Waals surface area contributed by atoms with Crippen molar-refractivity contribution in [2.45, 2.75) is 0 Å². The molecule has 0 aliphatic carbocycles. The fourth-order valence-corrected chi connectivity index (χ4v) is 5.74. The minimum Gasteiger partial charge on any atom is -0.616 e. The Morgan fingerprint density at radius 1 is 0.512 bits per heavy atom. The number of benzene rings is 6. The predicted molar refractivity (Wildman–Crippen MR) is 168 cm³/mol. The highest BCUT2D eigenvalue weighted by atomic mass is 16.5. The molecule has 0 spiro atoms. The van der Waals surface area contributed by atoms with Gasteiger partial charge in [-0.3, -0.25) is 4.65 Å². The molecule has 0 radical (unpaired) electrons. The smallest absolute Gasteiger partial charge is 0.151 e. The lowest BCUT2D eigenvalue weighted by Crippen LogP contribution is -2.29. The monoisotopic (exact) mass is 527 g/mol. The van der Waals surface area contributed by atoms with E-state index in [2.05, 4.69) is 41.3 Å². The molecule has 1 aliphatic rings. The molecule has 41 heavy (non-hydrogen) atoms. The largest absolute Gasteiger partial charge is 0.616 e. The Labute approximate surface area is 239 Å². The third-order valence-corrected chi connectivity index (χ3v) is 7.72. The maximum Gasteiger partial charge on any atom is 0.151 e. The summed E-state index contributed by atoms with van der Waals surface area (Å²) < 4.78 is -0.657. The zero-order chi connectivity index (χ0) is 27.8. The summed E-state index contributed by atoms with van der Waals surface area (Å²) in [6.45, 7) is 0. The van der Waals surface area contributed by atoms with Gasteiger partial charge in [-0.2, -0.15) is 5.26 Å². The Morgan fingerprint density at radius 2 is 1.05 bits per heavy atom. The normalized spacial score (nSPS) is 15.0. The van der Waals surface area contributed by atoms with Gasteiger partial charge in [0.15, 0.2) is 11.4 Å². The first-order valence-electron chi connectivity index (χ1n) is 13.5. The lowest BCUT2D eigenvalue weighted by atomic mass is 10.0. The highest BCUT2D eigenvalue weighted by Gasteiger charge is 2.39. The van der Waals surface area contributed by atoms with Crippen LogP contribution in [0.5, 0.6) is 0 Å². The number of rotatable bonds is 5. The maximum atomic E-state index is 15.0. The lowest BCUT2D eigenvalue weighted by Gasteiger charge is -2.38. The molecule has 0 aromatic heterocycles. The molecule has 6 aromatic rings. The van der Waals surface area contributed by atoms with Crippen molar-refractivity contribution in [2.75, 3.05) is 4.90 Å². The van der Waals surface area contributed by atoms with Crippen molar-refractivity contribution in [1.82, 2.24) is 4.65 Å². The van der Waals surface area contributed by atoms with Gasteiger partial charge in [-0.15, -0.1) is 0 Å². The molecule has 0 saturated heterocycles. The molecule has 1 atom stereocenters. The zero-order valence-electron chi connectivity index (χ0n) is 22.2. The zero-order valence-corrected chi connectivity index (χ0v) is 22.2. The van der Waals surface area contributed by atoms with Crippen LogP contribution in [-0.2, 0) is 0 Å². The van der Waals surface area contributed by atoms with Crippen LogP contribution < -0.4 is 9.55 Å². The van der Waals surface area contributed by atoms with Gasteiger partial charge in [0.05, 0.1) is 17.2 Å². The SMILES string of the molecule is N#Cc1ccc(-c2ccc([N+]3([O-])c4ccccc4-c4cc(N(c5ccccc5)c5ccccc5)ccc43)cc2)cc1. The van der Waals surface area contributed by atoms with E-state index in [1.165, 1.54) is 0 Å². The Morgan fingerprint density at radius 3 is 1.66 bits per heavy atom. The minimum absolute atomic E-state index is 0.622. The summed E-state index contributed by atoms with van der Waals surface area (Å²) in [6.07, 6.45) is 0. The molecule has 1 unspecified atom stereocenters. The first kappa shape index (κ1) is 24.6. The summed E-state index contributed by atoms with van der Waals surface area (Å²) in [5.41, 5.74) is 9.62. The van der Waals surface area contributed by atoms with Crippen molar-refractivity contribution in [3.05, 3.63) is 162 Å². The van der Waals surface area contributed by atoms with E-state index >= 15 is 0 Å². The van der Waals surface area contributed by atoms with Gasteiger partial charge in [-0.25, -0.2) is 0 Å². The molecule has 7 rings (SSSR count). The fourth-order valence-electron chi connectivity index (χ4n) is 5.74. The van der Waals surface area contributed by atoms with Gasteiger partial charge in [-0.05, 0) is 77.9 Å². The Bertz CT molecular complexity index is 1850. The van der Waals surface area contributed by atoms with Gasteiger partial charge >= 0.3 is 0 Å². The van der Waals surface area contributed by atoms with Crippen molar-refractivity contribution in [3.63, 3.8) is 0 Å². The first-order valence-corrected chi connectivity index (χ1v) is 13.5. The van der Waals surface area contributed by atoms with E-state index in [-0.39, 0.29) is 0 Å². The summed E-state index contributed by atoms with van der Waals surface area (Å²) >= 11 is 0. The lowest BCUT2D eigenvalue weighted by molar-refractivity contribution is 0.710. The Hall–Kier alpha value is -5.47. The number of quaternary nitrogens is 1. The van der Waals surface area contributed by atoms with Gasteiger partial charge < -0.3 is 10.1 Å². The molecular weight excluding hydrogens is 502 g/mol. The van der Waals surface area contributed by atoms with Crippen molar-refractivity contribution in [2.24, 2.45) is 0 Å². The van der Waals surface area contributed by atoms with Crippen molar-refractivity contribution in [1.29, 1.82) is 5.26 Å². The Balaban J connectivity index is 1.34. The molecular formula is C37H25N3O. The molecule has 0 bridgehead atoms. The van der Waals surface area contributed by atoms with Crippen LogP contribution >= 0.6 is 0 Å². The predicted octanol–water partition coefficient (Wildman–Crippen LogP) is 10.1. The van der Waals surface area contributed by atoms with Crippen LogP contribution in [-0.4, -0.2) is 0 Å². The van der Waals surface area contributed by atoms with Gasteiger partial charge in [-0.1, -0.05) is 60.7 Å². The van der Waals surface area contributed by atoms with Gasteiger partial charge in [0.1, 0.15) is 5.69 Å². The van der Waals surface area contributed by atoms with Crippen molar-refractivity contribution >= 4 is 34.1 Å². The summed E-state index contributed by atoms with van der Waals surface area (Å²) in [4.78, 5) is 2.22. The third-order valence-electron chi connectivity index (χ3n) is 7.72. The summed E-state index contributed by atoms with van der Waals surface area (Å²) in [7, 11) is 0. The van der Waals surface area contributed by atoms with Crippen molar-refractivity contribution in [3.8, 4) is 28.3 Å². The molecule has 6 aromatic carbocycles. The summed E-state index contributed by atoms with van der Waals surface area (Å²) in [6, 6.07) is 52.0. The van der Waals surface area contributed by atoms with Crippen LogP contribution in [0, 0.1) is 16.5 Å². The van der Waals surface area contributed by atoms with E-state index in [1.807, 2.05) is 121 Å². The van der Waals surface area contributed by atoms with E-state index < -0.39 is 4.65 Å². The average molecular weight is 528 g/mol. The highest BCUT2D eigenvalue weighted by Crippen LogP contribution is 2.58. The van der Waals surface area contributed by atoms with E-state index in [1.54, 1.807) is 0 Å². The van der Waals surface area contributed by atoms with Crippen molar-refractivity contribution < 1.29 is 0 Å². The molecule has 0 saturated carbocycles. The maximum absolute atomic E-state index is 15.0. The number of fused-ring (bicyclic) bond motifs is 3. The van der Waals surface area contributed by atoms with Crippen LogP contribution in [0.4, 0.5) is 34.1 Å². The third kappa shape index (κ3) is 4.09. The van der Waals surface area contributed by atoms with Gasteiger partial charge in [0.2, 0.25) is 0 Å². The standard InChI is InChI=1S/C37H25N3O/c38-26-27-15-17-28(18-16-27)29-19-22-33(23-20-29)40(41)36-14-8-7-13-34(36)35-25-32(21-24-37(35)40)39(30-9-3-1-4-10-30)31-11-5-2-6-12-31/h1-25H. The van der Waals surface area contributed by atoms with E-state index in [4.69, 9.17) is 5.26 Å². The quantitative estimate of drug-likeness (QED) is 0.166. The fraction of sp³-hybridized carbons (Fsp3) is 0. The number of anilines is 3. The molecule has 0 amide bonds. The van der Waals surface area contributed by atoms with Crippen LogP contribution in [0.25, 0.3) is 22.3 Å². The molecule has 4 heteroatoms. The van der Waals surface area contributed by atoms with E-state index in [0.29, 0.717) is 22.6 Å². The molecule has 0 N–H and O–H groups in total. The second kappa shape index (κ2) is 9.93. The number of hydrogen-bond acceptors (Lipinski definition) is 3. The molecule has 194 valence electrons. The van der Waals surface area contributed by atoms with Gasteiger partial charge in [0, 0.05) is 46.9 Å². The second-order valence-corrected chi connectivity index (χ2v) is 10.1. The minimum atomic E-state index is -0.657. The van der Waals surface area contributed by atoms with Gasteiger partial charge in [0.25, 0.3) is 0 Å². The van der Waals surface area contributed by atoms with E-state index in [0.717, 1.165) is 39.3 Å². The molecule has 4 nitrogen and oxygen atoms in total. The number of nitriles is 1. The van der Waals surface area contributed by atoms with E-state index in [9.17, 15) is 5.21 Å². The summed E-state index contributed by atoms with van der Waals surface area (Å²) in [5, 5.41) is 24.1. The number of hydrogen-bond donors (Lipinski definition) is 0. The summed E-state index contributed by atoms with van der Waals surface area (Å²) in [5.74, 6) is 0. The molecule has 1 aliphatic heterocycles. The number of nitrogens with zero attached hydrogens (tertiary/aromatic N) is 3.